The van der Waals surface area contributed by atoms with Gasteiger partial charge in [-0.05, 0) is 0 Å². The quantitative estimate of drug-likeness (QED) is 0.410. The Bertz CT molecular complexity index is 1170. The summed E-state index contributed by atoms with van der Waals surface area (Å²) in [5, 5.41) is 42.4. The molecule has 0 radical (unpaired) electrons. The first-order valence-corrected chi connectivity index (χ1v) is 6.50. The van der Waals surface area contributed by atoms with Gasteiger partial charge in [0.15, 0.2) is 0 Å². The fraction of sp³-hybridized carbons (Fsp3) is 0. The van der Waals surface area contributed by atoms with Crippen LogP contribution in [0.4, 0.5) is 17.1 Å². The maximum absolute atomic E-state index is 12.2. The second-order valence-electron chi connectivity index (χ2n) is 5.00. The highest BCUT2D eigenvalue weighted by atomic mass is 16.6. The zero-order valence-electron chi connectivity index (χ0n) is 12.0. The largest absolute Gasteiger partial charge is 0.507 e. The van der Waals surface area contributed by atoms with Crippen LogP contribution in [-0.4, -0.2) is 24.9 Å². The van der Waals surface area contributed by atoms with Gasteiger partial charge in [0.2, 0.25) is 0 Å². The van der Waals surface area contributed by atoms with Crippen LogP contribution in [0.15, 0.2) is 29.1 Å². The highest BCUT2D eigenvalue weighted by Crippen LogP contribution is 2.37. The number of aromatic nitrogens is 1. The van der Waals surface area contributed by atoms with Crippen molar-refractivity contribution in [3.05, 3.63) is 65.0 Å². The number of fused-ring (bicyclic) bond motifs is 3. The molecule has 0 fully saturated rings. The van der Waals surface area contributed by atoms with Gasteiger partial charge in [0.1, 0.15) is 11.3 Å². The topological polar surface area (TPSA) is 183 Å². The number of nitrogens with one attached hydrogen (secondary N) is 1. The smallest absolute Gasteiger partial charge is 0.300 e. The number of hydrogen-bond donors (Lipinski definition) is 2. The maximum Gasteiger partial charge on any atom is 0.300 e. The molecule has 12 heteroatoms. The van der Waals surface area contributed by atoms with Gasteiger partial charge in [0.25, 0.3) is 22.6 Å². The minimum atomic E-state index is -0.918. The zero-order valence-corrected chi connectivity index (χ0v) is 12.0. The maximum atomic E-state index is 12.2. The highest BCUT2D eigenvalue weighted by Gasteiger charge is 2.24. The minimum absolute atomic E-state index is 0.178. The molecule has 126 valence electrons. The van der Waals surface area contributed by atoms with Gasteiger partial charge in [-0.25, -0.2) is 0 Å². The first-order valence-electron chi connectivity index (χ1n) is 6.50. The minimum Gasteiger partial charge on any atom is -0.507 e. The fourth-order valence-corrected chi connectivity index (χ4v) is 2.55. The van der Waals surface area contributed by atoms with E-state index in [0.29, 0.717) is 6.07 Å². The third kappa shape index (κ3) is 2.37. The normalized spacial score (nSPS) is 10.9. The molecule has 2 aromatic carbocycles. The van der Waals surface area contributed by atoms with Crippen molar-refractivity contribution in [2.75, 3.05) is 0 Å². The van der Waals surface area contributed by atoms with E-state index < -0.39 is 43.1 Å². The van der Waals surface area contributed by atoms with Crippen LogP contribution in [0, 0.1) is 30.3 Å². The molecule has 0 aliphatic carbocycles. The van der Waals surface area contributed by atoms with Crippen molar-refractivity contribution in [1.29, 1.82) is 0 Å². The predicted molar refractivity (Wildman–Crippen MR) is 83.7 cm³/mol. The number of nitrogens with zero attached hydrogens (tertiary/aromatic N) is 3. The number of aromatic hydroxyl groups is 1. The van der Waals surface area contributed by atoms with E-state index >= 15 is 0 Å². The summed E-state index contributed by atoms with van der Waals surface area (Å²) in [6, 6.07) is 3.24. The lowest BCUT2D eigenvalue weighted by Gasteiger charge is -2.06. The Balaban J connectivity index is 2.62. The van der Waals surface area contributed by atoms with Crippen molar-refractivity contribution in [2.24, 2.45) is 0 Å². The molecular weight excluding hydrogens is 340 g/mol. The molecule has 0 aliphatic rings. The van der Waals surface area contributed by atoms with Gasteiger partial charge in [0.05, 0.1) is 32.3 Å². The molecule has 0 saturated carbocycles. The average molecular weight is 346 g/mol. The standard InChI is InChI=1S/C13H6N4O8/c18-10-4-6(16(22)23)2-8-11(10)7-1-5(15(20)21)3-9(17(24)25)12(7)14-13(8)19/h1-4,18H,(H,14,19). The van der Waals surface area contributed by atoms with E-state index in [9.17, 15) is 40.2 Å². The van der Waals surface area contributed by atoms with Gasteiger partial charge in [0, 0.05) is 22.9 Å². The highest BCUT2D eigenvalue weighted by molar-refractivity contribution is 6.12. The molecule has 0 aliphatic heterocycles. The molecular formula is C13H6N4O8. The van der Waals surface area contributed by atoms with Gasteiger partial charge in [-0.3, -0.25) is 35.1 Å². The molecule has 1 heterocycles. The number of phenolic OH excluding ortho intramolecular Hbond substituents is 1. The van der Waals surface area contributed by atoms with Crippen molar-refractivity contribution < 1.29 is 19.9 Å². The number of rotatable bonds is 3. The first-order chi connectivity index (χ1) is 11.7. The van der Waals surface area contributed by atoms with Gasteiger partial charge >= 0.3 is 0 Å². The number of hydrogen-bond acceptors (Lipinski definition) is 8. The summed E-state index contributed by atoms with van der Waals surface area (Å²) >= 11 is 0. The Morgan fingerprint density at radius 3 is 1.96 bits per heavy atom. The number of benzene rings is 2. The lowest BCUT2D eigenvalue weighted by atomic mass is 10.0. The lowest BCUT2D eigenvalue weighted by molar-refractivity contribution is -0.393. The zero-order chi connectivity index (χ0) is 18.5. The lowest BCUT2D eigenvalue weighted by Crippen LogP contribution is -2.09. The van der Waals surface area contributed by atoms with Crippen molar-refractivity contribution in [1.82, 2.24) is 4.98 Å². The molecule has 3 rings (SSSR count). The first kappa shape index (κ1) is 15.8. The van der Waals surface area contributed by atoms with Crippen molar-refractivity contribution in [3.63, 3.8) is 0 Å². The average Bonchev–Trinajstić information content (AvgIpc) is 2.53. The van der Waals surface area contributed by atoms with Gasteiger partial charge in [-0.2, -0.15) is 0 Å². The number of aromatic amines is 1. The summed E-state index contributed by atoms with van der Waals surface area (Å²) in [5.41, 5.74) is -3.20. The molecule has 0 atom stereocenters. The summed E-state index contributed by atoms with van der Waals surface area (Å²) in [6.45, 7) is 0. The number of nitro groups is 3. The number of pyridine rings is 1. The predicted octanol–water partition coefficient (Wildman–Crippen LogP) is 2.11. The number of non-ortho nitro benzene ring substituents is 3. The van der Waals surface area contributed by atoms with Crippen LogP contribution < -0.4 is 5.56 Å². The summed E-state index contributed by atoms with van der Waals surface area (Å²) in [5.74, 6) is -0.699. The Hall–Kier alpha value is -4.09. The van der Waals surface area contributed by atoms with E-state index in [1.165, 1.54) is 0 Å². The number of phenols is 1. The second-order valence-corrected chi connectivity index (χ2v) is 5.00. The monoisotopic (exact) mass is 346 g/mol. The van der Waals surface area contributed by atoms with E-state index in [2.05, 4.69) is 4.98 Å². The summed E-state index contributed by atoms with van der Waals surface area (Å²) < 4.78 is 0. The van der Waals surface area contributed by atoms with Crippen LogP contribution in [0.2, 0.25) is 0 Å². The van der Waals surface area contributed by atoms with Crippen LogP contribution in [0.1, 0.15) is 0 Å². The van der Waals surface area contributed by atoms with Crippen LogP contribution in [0.25, 0.3) is 21.7 Å². The van der Waals surface area contributed by atoms with E-state index in [0.717, 1.165) is 18.2 Å². The molecule has 1 aromatic heterocycles. The molecule has 25 heavy (non-hydrogen) atoms. The Morgan fingerprint density at radius 1 is 0.840 bits per heavy atom. The second kappa shape index (κ2) is 5.23. The Kier molecular flexibility index (Phi) is 3.30. The third-order valence-electron chi connectivity index (χ3n) is 3.58. The van der Waals surface area contributed by atoms with E-state index in [4.69, 9.17) is 0 Å². The van der Waals surface area contributed by atoms with Crippen molar-refractivity contribution >= 4 is 38.7 Å². The number of nitro benzene ring substituents is 3. The molecule has 0 amide bonds. The Labute approximate surface area is 135 Å². The molecule has 0 unspecified atom stereocenters. The summed E-state index contributed by atoms with van der Waals surface area (Å²) in [6.07, 6.45) is 0. The summed E-state index contributed by atoms with van der Waals surface area (Å²) in [4.78, 5) is 44.8. The van der Waals surface area contributed by atoms with Crippen LogP contribution in [-0.2, 0) is 0 Å². The molecule has 3 aromatic rings. The van der Waals surface area contributed by atoms with Gasteiger partial charge in [-0.1, -0.05) is 0 Å². The van der Waals surface area contributed by atoms with Crippen LogP contribution in [0.3, 0.4) is 0 Å². The number of H-pyrrole nitrogens is 1. The molecule has 0 saturated heterocycles. The molecule has 0 spiro atoms. The molecule has 12 nitrogen and oxygen atoms in total. The fourth-order valence-electron chi connectivity index (χ4n) is 2.55. The van der Waals surface area contributed by atoms with E-state index in [1.807, 2.05) is 0 Å². The molecule has 0 bridgehead atoms. The summed E-state index contributed by atoms with van der Waals surface area (Å²) in [7, 11) is 0. The van der Waals surface area contributed by atoms with E-state index in [1.54, 1.807) is 0 Å². The van der Waals surface area contributed by atoms with E-state index in [-0.39, 0.29) is 21.7 Å². The van der Waals surface area contributed by atoms with Gasteiger partial charge < -0.3 is 10.1 Å². The van der Waals surface area contributed by atoms with Crippen LogP contribution >= 0.6 is 0 Å². The SMILES string of the molecule is O=c1[nH]c2c([N+](=O)[O-])cc([N+](=O)[O-])cc2c2c(O)cc([N+](=O)[O-])cc12. The van der Waals surface area contributed by atoms with Crippen LogP contribution in [0.5, 0.6) is 5.75 Å². The van der Waals surface area contributed by atoms with Crippen molar-refractivity contribution in [3.8, 4) is 5.75 Å². The Morgan fingerprint density at radius 2 is 1.40 bits per heavy atom. The van der Waals surface area contributed by atoms with Gasteiger partial charge in [-0.15, -0.1) is 0 Å². The molecule has 2 N–H and O–H groups in total. The van der Waals surface area contributed by atoms with Crippen molar-refractivity contribution in [2.45, 2.75) is 0 Å². The third-order valence-corrected chi connectivity index (χ3v) is 3.58.